The fourth-order valence-corrected chi connectivity index (χ4v) is 7.69. The van der Waals surface area contributed by atoms with Gasteiger partial charge in [0.1, 0.15) is 85.3 Å². The maximum absolute atomic E-state index is 12.2. The predicted molar refractivity (Wildman–Crippen MR) is 213 cm³/mol. The Balaban J connectivity index is 1.16. The zero-order valence-corrected chi connectivity index (χ0v) is 36.3. The van der Waals surface area contributed by atoms with Crippen LogP contribution < -0.4 is 21.3 Å². The lowest BCUT2D eigenvalue weighted by Gasteiger charge is -2.47. The van der Waals surface area contributed by atoms with Gasteiger partial charge in [0.2, 0.25) is 11.8 Å². The summed E-state index contributed by atoms with van der Waals surface area (Å²) in [5.74, 6) is -4.51. The van der Waals surface area contributed by atoms with E-state index in [0.717, 1.165) is 0 Å². The van der Waals surface area contributed by atoms with Gasteiger partial charge in [0.25, 0.3) is 0 Å². The molecule has 0 aromatic carbocycles. The van der Waals surface area contributed by atoms with E-state index in [2.05, 4.69) is 21.3 Å². The summed E-state index contributed by atoms with van der Waals surface area (Å²) in [4.78, 5) is 47.5. The number of hydrogen-bond acceptors (Lipinski definition) is 24. The maximum Gasteiger partial charge on any atom is 0.335 e. The molecule has 16 N–H and O–H groups in total. The fourth-order valence-electron chi connectivity index (χ4n) is 7.69. The van der Waals surface area contributed by atoms with Crippen molar-refractivity contribution < 1.29 is 118 Å². The molecule has 4 saturated heterocycles. The van der Waals surface area contributed by atoms with Crippen LogP contribution in [0.3, 0.4) is 0 Å². The molecule has 4 fully saturated rings. The van der Waals surface area contributed by atoms with Crippen molar-refractivity contribution in [2.24, 2.45) is 0 Å². The van der Waals surface area contributed by atoms with Crippen molar-refractivity contribution in [3.05, 3.63) is 0 Å². The Kier molecular flexibility index (Phi) is 22.6. The fraction of sp³-hybridized carbons (Fsp3) is 0.895. The Bertz CT molecular complexity index is 1420. The van der Waals surface area contributed by atoms with Crippen molar-refractivity contribution in [1.29, 1.82) is 0 Å². The van der Waals surface area contributed by atoms with Crippen LogP contribution in [0.4, 0.5) is 0 Å². The normalized spacial score (nSPS) is 39.5. The summed E-state index contributed by atoms with van der Waals surface area (Å²) in [5.41, 5.74) is 0. The molecular weight excluding hydrogens is 896 g/mol. The molecule has 66 heavy (non-hydrogen) atoms. The molecule has 382 valence electrons. The summed E-state index contributed by atoms with van der Waals surface area (Å²) in [7, 11) is 0. The molecular formula is C38H66N4O24. The van der Waals surface area contributed by atoms with Gasteiger partial charge in [-0.1, -0.05) is 0 Å². The number of aliphatic hydroxyl groups excluding tert-OH is 10. The Morgan fingerprint density at radius 3 is 1.15 bits per heavy atom. The number of rotatable bonds is 25. The number of aliphatic hydroxyl groups is 10. The van der Waals surface area contributed by atoms with E-state index in [4.69, 9.17) is 37.9 Å². The number of aliphatic carboxylic acids is 2. The van der Waals surface area contributed by atoms with Gasteiger partial charge in [0.15, 0.2) is 37.4 Å². The van der Waals surface area contributed by atoms with Gasteiger partial charge in [-0.25, -0.2) is 9.59 Å². The molecule has 0 aromatic heterocycles. The Hall–Kier alpha value is -2.92. The average Bonchev–Trinajstić information content (AvgIpc) is 3.26. The molecule has 2 amide bonds. The van der Waals surface area contributed by atoms with Gasteiger partial charge in [-0.05, 0) is 38.8 Å². The van der Waals surface area contributed by atoms with Crippen LogP contribution in [0, 0.1) is 0 Å². The van der Waals surface area contributed by atoms with Gasteiger partial charge in [-0.3, -0.25) is 9.59 Å². The number of carbonyl (C=O) groups is 4. The van der Waals surface area contributed by atoms with Crippen LogP contribution in [-0.4, -0.2) is 260 Å². The van der Waals surface area contributed by atoms with Crippen molar-refractivity contribution in [2.75, 3.05) is 52.6 Å². The highest BCUT2D eigenvalue weighted by molar-refractivity contribution is 5.74. The second-order valence-corrected chi connectivity index (χ2v) is 16.2. The molecule has 0 bridgehead atoms. The Morgan fingerprint density at radius 1 is 0.470 bits per heavy atom. The molecule has 0 radical (unpaired) electrons. The van der Waals surface area contributed by atoms with Crippen LogP contribution in [0.5, 0.6) is 0 Å². The molecule has 4 aliphatic heterocycles. The summed E-state index contributed by atoms with van der Waals surface area (Å²) < 4.78 is 44.9. The number of carbonyl (C=O) groups excluding carboxylic acids is 2. The van der Waals surface area contributed by atoms with Crippen LogP contribution in [0.2, 0.25) is 0 Å². The van der Waals surface area contributed by atoms with Crippen LogP contribution in [-0.2, 0) is 57.1 Å². The van der Waals surface area contributed by atoms with Crippen molar-refractivity contribution in [1.82, 2.24) is 21.3 Å². The first kappa shape index (κ1) is 55.7. The molecule has 28 heteroatoms. The summed E-state index contributed by atoms with van der Waals surface area (Å²) >= 11 is 0. The molecule has 4 rings (SSSR count). The topological polar surface area (TPSA) is 433 Å². The highest BCUT2D eigenvalue weighted by Crippen LogP contribution is 2.32. The van der Waals surface area contributed by atoms with Crippen LogP contribution in [0.25, 0.3) is 0 Å². The largest absolute Gasteiger partial charge is 0.479 e. The molecule has 4 heterocycles. The minimum atomic E-state index is -2.00. The third-order valence-corrected chi connectivity index (χ3v) is 11.2. The molecule has 4 aliphatic rings. The molecule has 20 atom stereocenters. The minimum Gasteiger partial charge on any atom is -0.479 e. The van der Waals surface area contributed by atoms with Gasteiger partial charge < -0.3 is 120 Å². The second kappa shape index (κ2) is 26.7. The van der Waals surface area contributed by atoms with Crippen molar-refractivity contribution in [2.45, 2.75) is 162 Å². The van der Waals surface area contributed by atoms with E-state index in [9.17, 15) is 80.5 Å². The first-order valence-electron chi connectivity index (χ1n) is 21.6. The van der Waals surface area contributed by atoms with Gasteiger partial charge in [-0.15, -0.1) is 0 Å². The highest BCUT2D eigenvalue weighted by atomic mass is 16.7. The summed E-state index contributed by atoms with van der Waals surface area (Å²) in [5, 5.41) is 134. The van der Waals surface area contributed by atoms with Crippen molar-refractivity contribution in [3.63, 3.8) is 0 Å². The zero-order valence-electron chi connectivity index (χ0n) is 36.3. The first-order valence-corrected chi connectivity index (χ1v) is 21.6. The minimum absolute atomic E-state index is 0.0883. The van der Waals surface area contributed by atoms with E-state index in [1.807, 2.05) is 0 Å². The van der Waals surface area contributed by atoms with E-state index in [1.165, 1.54) is 13.8 Å². The Labute approximate surface area is 378 Å². The van der Waals surface area contributed by atoms with Gasteiger partial charge >= 0.3 is 11.9 Å². The average molecular weight is 963 g/mol. The Morgan fingerprint density at radius 2 is 0.833 bits per heavy atom. The van der Waals surface area contributed by atoms with Gasteiger partial charge in [0, 0.05) is 40.2 Å². The lowest BCUT2D eigenvalue weighted by Crippen LogP contribution is -2.68. The van der Waals surface area contributed by atoms with Gasteiger partial charge in [-0.2, -0.15) is 0 Å². The van der Waals surface area contributed by atoms with E-state index >= 15 is 0 Å². The summed E-state index contributed by atoms with van der Waals surface area (Å²) in [6.45, 7) is 3.42. The van der Waals surface area contributed by atoms with Crippen LogP contribution in [0.15, 0.2) is 0 Å². The monoisotopic (exact) mass is 962 g/mol. The molecule has 0 aliphatic carbocycles. The SMILES string of the molecule is CC(=O)N[C@H]1[C@@H](OCCCCNCCNCCCCO[C@H]2O[C@H](CO)[C@@H](O)[C@H](O[C@@H]3O[C@H](C(=O)O)[C@@H](O)[C@H](O)[C@H]3O)[C@H]2NC(C)=O)O[C@H](CO)[C@@H](O)[C@@H]1O[C@@H]1O[C@H](C(=O)O)[C@@H](O)[C@H](O)[C@H]1O. The third kappa shape index (κ3) is 14.8. The molecule has 0 aromatic rings. The number of nitrogens with one attached hydrogen (secondary N) is 4. The highest BCUT2D eigenvalue weighted by Gasteiger charge is 2.55. The lowest BCUT2D eigenvalue weighted by atomic mass is 9.95. The maximum atomic E-state index is 12.2. The van der Waals surface area contributed by atoms with E-state index < -0.39 is 160 Å². The lowest BCUT2D eigenvalue weighted by molar-refractivity contribution is -0.340. The van der Waals surface area contributed by atoms with E-state index in [1.54, 1.807) is 0 Å². The van der Waals surface area contributed by atoms with Crippen LogP contribution in [0.1, 0.15) is 39.5 Å². The summed E-state index contributed by atoms with van der Waals surface area (Å²) in [6, 6.07) is -2.52. The number of hydrogen-bond donors (Lipinski definition) is 16. The predicted octanol–water partition coefficient (Wildman–Crippen LogP) is -8.52. The third-order valence-electron chi connectivity index (χ3n) is 11.2. The zero-order chi connectivity index (χ0) is 48.8. The first-order chi connectivity index (χ1) is 31.3. The number of unbranched alkanes of at least 4 members (excludes halogenated alkanes) is 2. The second-order valence-electron chi connectivity index (χ2n) is 16.2. The smallest absolute Gasteiger partial charge is 0.335 e. The van der Waals surface area contributed by atoms with E-state index in [0.29, 0.717) is 51.9 Å². The van der Waals surface area contributed by atoms with Crippen molar-refractivity contribution >= 4 is 23.8 Å². The number of carboxylic acids is 2. The molecule has 0 unspecified atom stereocenters. The van der Waals surface area contributed by atoms with E-state index in [-0.39, 0.29) is 13.2 Å². The van der Waals surface area contributed by atoms with Crippen LogP contribution >= 0.6 is 0 Å². The van der Waals surface area contributed by atoms with Gasteiger partial charge in [0.05, 0.1) is 13.2 Å². The number of carboxylic acid groups (broad SMARTS) is 2. The number of amides is 2. The quantitative estimate of drug-likeness (QED) is 0.0378. The molecule has 0 saturated carbocycles. The number of ether oxygens (including phenoxy) is 8. The molecule has 0 spiro atoms. The molecule has 28 nitrogen and oxygen atoms in total. The summed E-state index contributed by atoms with van der Waals surface area (Å²) in [6.07, 6.45) is -28.9. The standard InChI is InChI=1S/C38H66N4O24/c1-15(45)41-19-29(63-37-27(53)23(49)25(51)31(65-37)33(55)56)21(47)17(13-43)61-35(19)59-11-5-3-7-39-9-10-40-8-4-6-12-60-36-20(42-16(2)46)30(22(48)18(14-44)62-36)64-38-28(54)24(50)26(52)32(66-38)34(57)58/h17-32,35-40,43-44,47-54H,3-14H2,1-2H3,(H,41,45)(H,42,46)(H,55,56)(H,57,58)/t17-,18-,19-,20-,21-,22-,23+,24+,25+,26+,27-,28-,29-,30-,31+,32+,35+,36+,37-,38-/m1/s1. The van der Waals surface area contributed by atoms with Crippen molar-refractivity contribution in [3.8, 4) is 0 Å².